The first-order valence-electron chi connectivity index (χ1n) is 14.3. The van der Waals surface area contributed by atoms with Crippen LogP contribution in [-0.4, -0.2) is 71.3 Å². The highest BCUT2D eigenvalue weighted by molar-refractivity contribution is 5.95. The van der Waals surface area contributed by atoms with E-state index in [2.05, 4.69) is 4.98 Å². The maximum atomic E-state index is 14.7. The van der Waals surface area contributed by atoms with Crippen LogP contribution in [0.3, 0.4) is 0 Å². The van der Waals surface area contributed by atoms with E-state index in [1.54, 1.807) is 0 Å². The summed E-state index contributed by atoms with van der Waals surface area (Å²) >= 11 is 0. The summed E-state index contributed by atoms with van der Waals surface area (Å²) in [7, 11) is 0. The number of alkyl halides is 6. The minimum Gasteiger partial charge on any atom is -0.489 e. The number of hydrogen-bond acceptors (Lipinski definition) is 8. The standard InChI is InChI=1S/C31H28F7N3O7/c1-28(27(39)44)14-47-25-19(28)11-22(41-24(25)15-2-5-17(32)6-3-15)29(45,31(36,37)38)13-40-26(43)16-4-9-20(21(10-16)48-18-7-8-18)46-12-23(42)30(33,34)35/h2-6,9-11,18,23,42,45H,7-8,12-14H2,1H3,(H2,39,44)(H,40,43)/t23-,28-,29?/m0/s1. The maximum Gasteiger partial charge on any atom is 0.424 e. The van der Waals surface area contributed by atoms with Gasteiger partial charge in [-0.25, -0.2) is 9.37 Å². The van der Waals surface area contributed by atoms with Gasteiger partial charge in [0, 0.05) is 16.7 Å². The summed E-state index contributed by atoms with van der Waals surface area (Å²) in [5, 5.41) is 22.5. The van der Waals surface area contributed by atoms with E-state index in [1.807, 2.05) is 5.32 Å². The molecule has 1 aliphatic heterocycles. The number of nitrogens with one attached hydrogen (secondary N) is 1. The molecule has 10 nitrogen and oxygen atoms in total. The van der Waals surface area contributed by atoms with Gasteiger partial charge in [-0.2, -0.15) is 26.3 Å². The number of rotatable bonds is 11. The van der Waals surface area contributed by atoms with Gasteiger partial charge in [-0.15, -0.1) is 0 Å². The van der Waals surface area contributed by atoms with E-state index in [4.69, 9.17) is 19.9 Å². The number of carbonyl (C=O) groups is 2. The van der Waals surface area contributed by atoms with E-state index < -0.39 is 65.9 Å². The fourth-order valence-corrected chi connectivity index (χ4v) is 4.74. The Bertz CT molecular complexity index is 1710. The molecule has 2 aromatic carbocycles. The highest BCUT2D eigenvalue weighted by atomic mass is 19.4. The van der Waals surface area contributed by atoms with Crippen LogP contribution in [0.1, 0.15) is 41.4 Å². The topological polar surface area (TPSA) is 153 Å². The molecule has 48 heavy (non-hydrogen) atoms. The highest BCUT2D eigenvalue weighted by Gasteiger charge is 2.57. The van der Waals surface area contributed by atoms with Crippen molar-refractivity contribution in [1.29, 1.82) is 0 Å². The number of ether oxygens (including phenoxy) is 3. The van der Waals surface area contributed by atoms with Crippen LogP contribution in [0, 0.1) is 5.82 Å². The summed E-state index contributed by atoms with van der Waals surface area (Å²) in [5.41, 5.74) is -1.57. The van der Waals surface area contributed by atoms with Crippen molar-refractivity contribution in [3.8, 4) is 28.5 Å². The summed E-state index contributed by atoms with van der Waals surface area (Å²) in [5.74, 6) is -3.31. The number of fused-ring (bicyclic) bond motifs is 1. The predicted octanol–water partition coefficient (Wildman–Crippen LogP) is 4.05. The number of nitrogens with two attached hydrogens (primary N) is 1. The van der Waals surface area contributed by atoms with Gasteiger partial charge in [0.25, 0.3) is 5.91 Å². The van der Waals surface area contributed by atoms with Gasteiger partial charge >= 0.3 is 12.4 Å². The maximum absolute atomic E-state index is 14.7. The SMILES string of the molecule is C[C@]1(C(N)=O)COc2c1cc(C(O)(CNC(=O)c1ccc(OC[C@H](O)C(F)(F)F)c(OC3CC3)c1)C(F)(F)F)nc2-c1ccc(F)cc1. The van der Waals surface area contributed by atoms with Crippen LogP contribution < -0.4 is 25.3 Å². The molecule has 3 aromatic rings. The lowest BCUT2D eigenvalue weighted by atomic mass is 9.81. The Hall–Kier alpha value is -4.64. The number of pyridine rings is 1. The van der Waals surface area contributed by atoms with Crippen LogP contribution >= 0.6 is 0 Å². The van der Waals surface area contributed by atoms with E-state index >= 15 is 0 Å². The molecule has 1 fully saturated rings. The summed E-state index contributed by atoms with van der Waals surface area (Å²) in [6.45, 7) is -1.72. The Morgan fingerprint density at radius 2 is 1.75 bits per heavy atom. The molecular weight excluding hydrogens is 659 g/mol. The van der Waals surface area contributed by atoms with Crippen molar-refractivity contribution >= 4 is 11.8 Å². The monoisotopic (exact) mass is 687 g/mol. The molecule has 1 aromatic heterocycles. The van der Waals surface area contributed by atoms with Crippen molar-refractivity contribution in [1.82, 2.24) is 10.3 Å². The fraction of sp³-hybridized carbons (Fsp3) is 0.387. The van der Waals surface area contributed by atoms with E-state index in [-0.39, 0.29) is 52.3 Å². The molecule has 0 radical (unpaired) electrons. The molecule has 2 aliphatic rings. The first-order chi connectivity index (χ1) is 22.3. The molecule has 17 heteroatoms. The number of carbonyl (C=O) groups excluding carboxylic acids is 2. The number of hydrogen-bond donors (Lipinski definition) is 4. The third-order valence-corrected chi connectivity index (χ3v) is 7.93. The molecule has 0 spiro atoms. The zero-order valence-electron chi connectivity index (χ0n) is 24.9. The summed E-state index contributed by atoms with van der Waals surface area (Å²) in [4.78, 5) is 29.5. The van der Waals surface area contributed by atoms with Gasteiger partial charge in [0.15, 0.2) is 17.6 Å². The Labute approximate surface area is 267 Å². The molecular formula is C31H28F7N3O7. The minimum atomic E-state index is -5.47. The van der Waals surface area contributed by atoms with Crippen LogP contribution in [0.25, 0.3) is 11.3 Å². The molecule has 0 saturated heterocycles. The normalized spacial score (nSPS) is 19.5. The smallest absolute Gasteiger partial charge is 0.424 e. The predicted molar refractivity (Wildman–Crippen MR) is 152 cm³/mol. The lowest BCUT2D eigenvalue weighted by Gasteiger charge is -2.31. The number of nitrogens with zero attached hydrogens (tertiary/aromatic N) is 1. The lowest BCUT2D eigenvalue weighted by Crippen LogP contribution is -2.51. The van der Waals surface area contributed by atoms with Crippen molar-refractivity contribution < 1.29 is 64.7 Å². The number of benzene rings is 2. The zero-order valence-corrected chi connectivity index (χ0v) is 24.9. The molecule has 5 N–H and O–H groups in total. The van der Waals surface area contributed by atoms with Gasteiger partial charge in [-0.05, 0) is 68.3 Å². The number of aliphatic hydroxyl groups is 2. The Morgan fingerprint density at radius 1 is 1.08 bits per heavy atom. The summed E-state index contributed by atoms with van der Waals surface area (Å²) in [6, 6.07) is 8.37. The second kappa shape index (κ2) is 12.4. The highest BCUT2D eigenvalue weighted by Crippen LogP contribution is 2.48. The summed E-state index contributed by atoms with van der Waals surface area (Å²) in [6.07, 6.45) is -12.4. The van der Waals surface area contributed by atoms with Gasteiger partial charge < -0.3 is 35.5 Å². The lowest BCUT2D eigenvalue weighted by molar-refractivity contribution is -0.265. The largest absolute Gasteiger partial charge is 0.489 e. The molecule has 1 aliphatic carbocycles. The molecule has 1 saturated carbocycles. The Morgan fingerprint density at radius 3 is 2.33 bits per heavy atom. The van der Waals surface area contributed by atoms with Gasteiger partial charge in [-0.3, -0.25) is 9.59 Å². The second-order valence-corrected chi connectivity index (χ2v) is 11.6. The van der Waals surface area contributed by atoms with E-state index in [0.717, 1.165) is 36.4 Å². The molecule has 258 valence electrons. The number of halogens is 7. The fourth-order valence-electron chi connectivity index (χ4n) is 4.74. The third-order valence-electron chi connectivity index (χ3n) is 7.93. The number of aliphatic hydroxyl groups excluding tert-OH is 1. The number of amides is 2. The van der Waals surface area contributed by atoms with Crippen LogP contribution in [0.2, 0.25) is 0 Å². The first kappa shape index (κ1) is 34.7. The van der Waals surface area contributed by atoms with Crippen molar-refractivity contribution in [2.75, 3.05) is 19.8 Å². The zero-order chi connectivity index (χ0) is 35.2. The van der Waals surface area contributed by atoms with Gasteiger partial charge in [0.1, 0.15) is 35.9 Å². The van der Waals surface area contributed by atoms with Crippen LogP contribution in [0.5, 0.6) is 17.2 Å². The van der Waals surface area contributed by atoms with Crippen molar-refractivity contribution in [3.05, 3.63) is 71.2 Å². The quantitative estimate of drug-likeness (QED) is 0.221. The van der Waals surface area contributed by atoms with E-state index in [9.17, 15) is 50.5 Å². The summed E-state index contributed by atoms with van der Waals surface area (Å²) < 4.78 is 112. The Balaban J connectivity index is 1.47. The molecule has 5 rings (SSSR count). The average molecular weight is 688 g/mol. The number of primary amides is 1. The Kier molecular flexibility index (Phi) is 8.98. The first-order valence-corrected chi connectivity index (χ1v) is 14.3. The van der Waals surface area contributed by atoms with Crippen LogP contribution in [0.4, 0.5) is 30.7 Å². The molecule has 2 heterocycles. The van der Waals surface area contributed by atoms with Crippen LogP contribution in [-0.2, 0) is 15.8 Å². The molecule has 2 amide bonds. The van der Waals surface area contributed by atoms with Crippen LogP contribution in [0.15, 0.2) is 48.5 Å². The van der Waals surface area contributed by atoms with Gasteiger partial charge in [0.05, 0.1) is 18.3 Å². The van der Waals surface area contributed by atoms with E-state index in [0.29, 0.717) is 12.8 Å². The second-order valence-electron chi connectivity index (χ2n) is 11.6. The number of aromatic nitrogens is 1. The van der Waals surface area contributed by atoms with Crippen molar-refractivity contribution in [2.45, 2.75) is 55.3 Å². The molecule has 1 unspecified atom stereocenters. The van der Waals surface area contributed by atoms with Gasteiger partial charge in [-0.1, -0.05) is 0 Å². The average Bonchev–Trinajstić information content (AvgIpc) is 3.77. The molecule has 0 bridgehead atoms. The molecule has 3 atom stereocenters. The van der Waals surface area contributed by atoms with Gasteiger partial charge in [0.2, 0.25) is 11.5 Å². The van der Waals surface area contributed by atoms with E-state index in [1.165, 1.54) is 19.1 Å². The minimum absolute atomic E-state index is 0.0880. The van der Waals surface area contributed by atoms with Crippen molar-refractivity contribution in [2.24, 2.45) is 5.73 Å². The van der Waals surface area contributed by atoms with Crippen molar-refractivity contribution in [3.63, 3.8) is 0 Å². The third kappa shape index (κ3) is 6.82.